The van der Waals surface area contributed by atoms with Crippen molar-refractivity contribution in [2.75, 3.05) is 6.54 Å². The molecule has 0 spiro atoms. The van der Waals surface area contributed by atoms with Crippen LogP contribution < -0.4 is 5.73 Å². The Balaban J connectivity index is 0.000000640. The van der Waals surface area contributed by atoms with E-state index in [9.17, 15) is 4.39 Å². The van der Waals surface area contributed by atoms with Crippen LogP contribution in [-0.4, -0.2) is 12.7 Å². The fourth-order valence-electron chi connectivity index (χ4n) is 0.994. The summed E-state index contributed by atoms with van der Waals surface area (Å²) < 4.78 is 12.5. The van der Waals surface area contributed by atoms with E-state index >= 15 is 0 Å². The molecule has 1 rings (SSSR count). The zero-order chi connectivity index (χ0) is 5.98. The van der Waals surface area contributed by atoms with Crippen LogP contribution in [-0.2, 0) is 0 Å². The molecular weight excluding hydrogens is 141 g/mol. The number of nitrogens with two attached hydrogens (primary N) is 1. The molecule has 1 atom stereocenters. The van der Waals surface area contributed by atoms with E-state index in [1.165, 1.54) is 6.42 Å². The number of hydrogen-bond acceptors (Lipinski definition) is 1. The number of rotatable bonds is 2. The fourth-order valence-corrected chi connectivity index (χ4v) is 0.994. The zero-order valence-corrected chi connectivity index (χ0v) is 6.16. The van der Waals surface area contributed by atoms with Crippen LogP contribution in [0.25, 0.3) is 0 Å². The molecule has 0 heterocycles. The van der Waals surface area contributed by atoms with Gasteiger partial charge in [0.15, 0.2) is 0 Å². The van der Waals surface area contributed by atoms with Gasteiger partial charge in [-0.3, -0.25) is 0 Å². The third kappa shape index (κ3) is 2.11. The number of alkyl halides is 1. The summed E-state index contributed by atoms with van der Waals surface area (Å²) in [5.41, 5.74) is 5.11. The third-order valence-electron chi connectivity index (χ3n) is 1.89. The zero-order valence-electron chi connectivity index (χ0n) is 5.35. The first kappa shape index (κ1) is 9.18. The van der Waals surface area contributed by atoms with Gasteiger partial charge in [-0.25, -0.2) is 4.39 Å². The Morgan fingerprint density at radius 1 is 1.56 bits per heavy atom. The maximum atomic E-state index is 12.5. The molecule has 0 saturated heterocycles. The lowest BCUT2D eigenvalue weighted by molar-refractivity contribution is 0.155. The van der Waals surface area contributed by atoms with Gasteiger partial charge >= 0.3 is 0 Å². The van der Waals surface area contributed by atoms with Crippen molar-refractivity contribution in [3.05, 3.63) is 0 Å². The maximum Gasteiger partial charge on any atom is 0.115 e. The third-order valence-corrected chi connectivity index (χ3v) is 1.89. The van der Waals surface area contributed by atoms with Gasteiger partial charge in [0, 0.05) is 6.54 Å². The summed E-state index contributed by atoms with van der Waals surface area (Å²) in [4.78, 5) is 0. The van der Waals surface area contributed by atoms with Crippen LogP contribution in [0.5, 0.6) is 0 Å². The molecule has 1 fully saturated rings. The second-order valence-electron chi connectivity index (χ2n) is 2.44. The first-order valence-electron chi connectivity index (χ1n) is 3.18. The fraction of sp³-hybridized carbons (Fsp3) is 1.00. The Labute approximate surface area is 61.2 Å². The summed E-state index contributed by atoms with van der Waals surface area (Å²) >= 11 is 0. The smallest absolute Gasteiger partial charge is 0.115 e. The molecule has 0 amide bonds. The lowest BCUT2D eigenvalue weighted by Gasteiger charge is -2.27. The summed E-state index contributed by atoms with van der Waals surface area (Å²) in [7, 11) is 0. The molecule has 1 nitrogen and oxygen atoms in total. The molecule has 0 aromatic heterocycles. The molecule has 1 unspecified atom stereocenters. The number of halogens is 2. The first-order chi connectivity index (χ1) is 3.84. The van der Waals surface area contributed by atoms with E-state index in [2.05, 4.69) is 0 Å². The van der Waals surface area contributed by atoms with E-state index in [-0.39, 0.29) is 19.0 Å². The van der Waals surface area contributed by atoms with Gasteiger partial charge in [-0.05, 0) is 18.8 Å². The molecule has 0 aliphatic heterocycles. The Bertz CT molecular complexity index is 72.7. The van der Waals surface area contributed by atoms with E-state index in [4.69, 9.17) is 5.73 Å². The average molecular weight is 154 g/mol. The molecule has 0 radical (unpaired) electrons. The van der Waals surface area contributed by atoms with Gasteiger partial charge in [0.25, 0.3) is 0 Å². The van der Waals surface area contributed by atoms with Crippen LogP contribution in [0.3, 0.4) is 0 Å². The van der Waals surface area contributed by atoms with Gasteiger partial charge in [0.05, 0.1) is 0 Å². The van der Waals surface area contributed by atoms with Crippen molar-refractivity contribution in [2.24, 2.45) is 11.7 Å². The second kappa shape index (κ2) is 4.07. The van der Waals surface area contributed by atoms with Crippen molar-refractivity contribution in [1.29, 1.82) is 0 Å². The molecule has 1 aliphatic rings. The van der Waals surface area contributed by atoms with Crippen LogP contribution in [0.4, 0.5) is 4.39 Å². The Morgan fingerprint density at radius 3 is 2.22 bits per heavy atom. The highest BCUT2D eigenvalue weighted by Crippen LogP contribution is 2.30. The van der Waals surface area contributed by atoms with Crippen molar-refractivity contribution < 1.29 is 4.39 Å². The van der Waals surface area contributed by atoms with Gasteiger partial charge in [0.1, 0.15) is 6.17 Å². The highest BCUT2D eigenvalue weighted by Gasteiger charge is 2.25. The van der Waals surface area contributed by atoms with Crippen molar-refractivity contribution >= 4 is 12.4 Å². The molecule has 3 heteroatoms. The van der Waals surface area contributed by atoms with Crippen molar-refractivity contribution in [2.45, 2.75) is 25.4 Å². The van der Waals surface area contributed by atoms with Gasteiger partial charge in [0.2, 0.25) is 0 Å². The van der Waals surface area contributed by atoms with Gasteiger partial charge in [-0.2, -0.15) is 0 Å². The molecule has 1 saturated carbocycles. The summed E-state index contributed by atoms with van der Waals surface area (Å²) in [6.07, 6.45) is 2.59. The van der Waals surface area contributed by atoms with Crippen LogP contribution in [0.2, 0.25) is 0 Å². The molecule has 0 bridgehead atoms. The minimum atomic E-state index is -0.719. The summed E-state index contributed by atoms with van der Waals surface area (Å²) in [6.45, 7) is 0.213. The second-order valence-corrected chi connectivity index (χ2v) is 2.44. The molecular formula is C6H13ClFN. The van der Waals surface area contributed by atoms with Crippen LogP contribution in [0.15, 0.2) is 0 Å². The predicted octanol–water partition coefficient (Wildman–Crippen LogP) is 1.51. The van der Waals surface area contributed by atoms with Crippen LogP contribution in [0.1, 0.15) is 19.3 Å². The molecule has 9 heavy (non-hydrogen) atoms. The van der Waals surface area contributed by atoms with E-state index in [1.807, 2.05) is 0 Å². The van der Waals surface area contributed by atoms with Crippen molar-refractivity contribution in [1.82, 2.24) is 0 Å². The Morgan fingerprint density at radius 2 is 2.11 bits per heavy atom. The Kier molecular flexibility index (Phi) is 4.15. The summed E-state index contributed by atoms with van der Waals surface area (Å²) in [5, 5.41) is 0. The van der Waals surface area contributed by atoms with E-state index in [0.717, 1.165) is 12.8 Å². The quantitative estimate of drug-likeness (QED) is 0.640. The lowest BCUT2D eigenvalue weighted by Crippen LogP contribution is -2.29. The highest BCUT2D eigenvalue weighted by molar-refractivity contribution is 5.85. The molecule has 56 valence electrons. The lowest BCUT2D eigenvalue weighted by atomic mass is 9.82. The SMILES string of the molecule is Cl.NCC(F)C1CCC1. The standard InChI is InChI=1S/C6H12FN.ClH/c7-6(4-8)5-2-1-3-5;/h5-6H,1-4,8H2;1H. The van der Waals surface area contributed by atoms with Crippen molar-refractivity contribution in [3.63, 3.8) is 0 Å². The van der Waals surface area contributed by atoms with Crippen LogP contribution >= 0.6 is 12.4 Å². The molecule has 0 aromatic carbocycles. The van der Waals surface area contributed by atoms with Gasteiger partial charge in [-0.1, -0.05) is 6.42 Å². The minimum Gasteiger partial charge on any atom is -0.328 e. The monoisotopic (exact) mass is 153 g/mol. The molecule has 2 N–H and O–H groups in total. The maximum absolute atomic E-state index is 12.5. The minimum absolute atomic E-state index is 0. The van der Waals surface area contributed by atoms with E-state index in [1.54, 1.807) is 0 Å². The Hall–Kier alpha value is 0.180. The van der Waals surface area contributed by atoms with E-state index < -0.39 is 6.17 Å². The van der Waals surface area contributed by atoms with E-state index in [0.29, 0.717) is 5.92 Å². The molecule has 1 aliphatic carbocycles. The van der Waals surface area contributed by atoms with Gasteiger partial charge in [-0.15, -0.1) is 12.4 Å². The van der Waals surface area contributed by atoms with Crippen LogP contribution in [0, 0.1) is 5.92 Å². The summed E-state index contributed by atoms with van der Waals surface area (Å²) in [5.74, 6) is 0.306. The summed E-state index contributed by atoms with van der Waals surface area (Å²) in [6, 6.07) is 0. The normalized spacial score (nSPS) is 22.0. The van der Waals surface area contributed by atoms with Gasteiger partial charge < -0.3 is 5.73 Å². The average Bonchev–Trinajstić information content (AvgIpc) is 1.62. The molecule has 0 aromatic rings. The largest absolute Gasteiger partial charge is 0.328 e. The van der Waals surface area contributed by atoms with Crippen molar-refractivity contribution in [3.8, 4) is 0 Å². The highest BCUT2D eigenvalue weighted by atomic mass is 35.5. The first-order valence-corrected chi connectivity index (χ1v) is 3.18. The topological polar surface area (TPSA) is 26.0 Å². The predicted molar refractivity (Wildman–Crippen MR) is 38.5 cm³/mol. The number of hydrogen-bond donors (Lipinski definition) is 1.